The number of hydrogen-bond donors (Lipinski definition) is 1. The second-order valence-electron chi connectivity index (χ2n) is 5.06. The second-order valence-corrected chi connectivity index (χ2v) is 6.96. The molecule has 1 fully saturated rings. The van der Waals surface area contributed by atoms with Gasteiger partial charge in [-0.15, -0.1) is 0 Å². The quantitative estimate of drug-likeness (QED) is 0.848. The highest BCUT2D eigenvalue weighted by Gasteiger charge is 2.25. The Kier molecular flexibility index (Phi) is 4.48. The normalized spacial score (nSPS) is 14.3. The van der Waals surface area contributed by atoms with Gasteiger partial charge in [-0.05, 0) is 25.0 Å². The molecule has 1 amide bonds. The van der Waals surface area contributed by atoms with E-state index in [1.807, 2.05) is 6.07 Å². The molecule has 0 atom stereocenters. The van der Waals surface area contributed by atoms with E-state index in [0.29, 0.717) is 5.69 Å². The average Bonchev–Trinajstić information content (AvgIpc) is 3.21. The molecule has 1 aliphatic carbocycles. The first-order chi connectivity index (χ1) is 9.91. The van der Waals surface area contributed by atoms with Crippen LogP contribution in [0.15, 0.2) is 24.3 Å². The number of amides is 1. The Bertz CT molecular complexity index is 675. The molecule has 1 N–H and O–H groups in total. The second kappa shape index (κ2) is 6.14. The van der Waals surface area contributed by atoms with Gasteiger partial charge >= 0.3 is 0 Å². The average molecular weight is 307 g/mol. The third-order valence-corrected chi connectivity index (χ3v) is 4.36. The van der Waals surface area contributed by atoms with E-state index in [1.165, 1.54) is 0 Å². The lowest BCUT2D eigenvalue weighted by Crippen LogP contribution is -2.35. The Morgan fingerprint density at radius 1 is 1.43 bits per heavy atom. The van der Waals surface area contributed by atoms with Gasteiger partial charge in [-0.25, -0.2) is 8.42 Å². The summed E-state index contributed by atoms with van der Waals surface area (Å²) in [6.07, 6.45) is 3.11. The predicted molar refractivity (Wildman–Crippen MR) is 79.1 cm³/mol. The van der Waals surface area contributed by atoms with Gasteiger partial charge in [0.05, 0.1) is 17.5 Å². The maximum absolute atomic E-state index is 11.9. The van der Waals surface area contributed by atoms with Crippen LogP contribution >= 0.6 is 0 Å². The molecule has 6 nitrogen and oxygen atoms in total. The number of carbonyl (C=O) groups excluding carboxylic acids is 1. The van der Waals surface area contributed by atoms with Crippen molar-refractivity contribution in [1.29, 1.82) is 5.26 Å². The lowest BCUT2D eigenvalue weighted by Gasteiger charge is -2.23. The summed E-state index contributed by atoms with van der Waals surface area (Å²) in [6, 6.07) is 8.67. The van der Waals surface area contributed by atoms with Crippen molar-refractivity contribution in [1.82, 2.24) is 5.32 Å². The van der Waals surface area contributed by atoms with Crippen LogP contribution in [0.4, 0.5) is 5.69 Å². The molecule has 0 saturated heterocycles. The van der Waals surface area contributed by atoms with Gasteiger partial charge in [0.25, 0.3) is 0 Å². The molecule has 1 aromatic rings. The summed E-state index contributed by atoms with van der Waals surface area (Å²) < 4.78 is 25.0. The van der Waals surface area contributed by atoms with Crippen molar-refractivity contribution in [3.05, 3.63) is 29.8 Å². The molecule has 0 radical (unpaired) electrons. The van der Waals surface area contributed by atoms with Crippen molar-refractivity contribution in [2.45, 2.75) is 25.3 Å². The summed E-state index contributed by atoms with van der Waals surface area (Å²) in [7, 11) is -3.56. The monoisotopic (exact) mass is 307 g/mol. The van der Waals surface area contributed by atoms with E-state index in [4.69, 9.17) is 5.26 Å². The number of sulfonamides is 1. The van der Waals surface area contributed by atoms with Gasteiger partial charge in [0.1, 0.15) is 6.07 Å². The Morgan fingerprint density at radius 2 is 2.10 bits per heavy atom. The molecule has 7 heteroatoms. The Balaban J connectivity index is 2.15. The van der Waals surface area contributed by atoms with Crippen LogP contribution in [-0.4, -0.2) is 33.2 Å². The molecular formula is C14H17N3O3S. The lowest BCUT2D eigenvalue weighted by atomic mass is 10.2. The maximum Gasteiger partial charge on any atom is 0.232 e. The lowest BCUT2D eigenvalue weighted by molar-refractivity contribution is -0.121. The fourth-order valence-corrected chi connectivity index (χ4v) is 2.92. The van der Waals surface area contributed by atoms with Gasteiger partial charge in [0.15, 0.2) is 0 Å². The molecular weight excluding hydrogens is 290 g/mol. The largest absolute Gasteiger partial charge is 0.353 e. The molecule has 1 aromatic carbocycles. The number of anilines is 1. The minimum atomic E-state index is -3.56. The molecule has 0 heterocycles. The van der Waals surface area contributed by atoms with E-state index in [9.17, 15) is 13.2 Å². The fourth-order valence-electron chi connectivity index (χ4n) is 1.98. The van der Waals surface area contributed by atoms with Crippen molar-refractivity contribution >= 4 is 21.6 Å². The Labute approximate surface area is 124 Å². The highest BCUT2D eigenvalue weighted by atomic mass is 32.2. The van der Waals surface area contributed by atoms with Crippen LogP contribution in [0.25, 0.3) is 0 Å². The summed E-state index contributed by atoms with van der Waals surface area (Å²) in [5.41, 5.74) is 0.576. The van der Waals surface area contributed by atoms with Gasteiger partial charge in [-0.1, -0.05) is 12.1 Å². The van der Waals surface area contributed by atoms with Gasteiger partial charge in [0, 0.05) is 19.0 Å². The number of nitriles is 1. The molecule has 0 bridgehead atoms. The van der Waals surface area contributed by atoms with Crippen molar-refractivity contribution in [2.75, 3.05) is 17.1 Å². The number of benzene rings is 1. The summed E-state index contributed by atoms with van der Waals surface area (Å²) in [5.74, 6) is -0.166. The molecule has 0 spiro atoms. The van der Waals surface area contributed by atoms with E-state index in [0.717, 1.165) is 23.4 Å². The van der Waals surface area contributed by atoms with Crippen LogP contribution in [0.5, 0.6) is 0 Å². The van der Waals surface area contributed by atoms with Crippen LogP contribution < -0.4 is 9.62 Å². The van der Waals surface area contributed by atoms with Crippen molar-refractivity contribution in [2.24, 2.45) is 0 Å². The van der Waals surface area contributed by atoms with E-state index in [-0.39, 0.29) is 30.5 Å². The topological polar surface area (TPSA) is 90.3 Å². The van der Waals surface area contributed by atoms with Gasteiger partial charge < -0.3 is 5.32 Å². The smallest absolute Gasteiger partial charge is 0.232 e. The number of rotatable bonds is 6. The number of hydrogen-bond acceptors (Lipinski definition) is 4. The Hall–Kier alpha value is -2.07. The summed E-state index contributed by atoms with van der Waals surface area (Å²) in [4.78, 5) is 11.7. The number of nitrogens with one attached hydrogen (secondary N) is 1. The van der Waals surface area contributed by atoms with Crippen molar-refractivity contribution in [3.63, 3.8) is 0 Å². The molecule has 112 valence electrons. The summed E-state index contributed by atoms with van der Waals surface area (Å²) in [6.45, 7) is 0.0239. The molecule has 0 aliphatic heterocycles. The van der Waals surface area contributed by atoms with Crippen LogP contribution in [0, 0.1) is 11.3 Å². The fraction of sp³-hybridized carbons (Fsp3) is 0.429. The molecule has 1 aliphatic rings. The highest BCUT2D eigenvalue weighted by Crippen LogP contribution is 2.23. The number of nitrogens with zero attached hydrogens (tertiary/aromatic N) is 2. The first kappa shape index (κ1) is 15.3. The van der Waals surface area contributed by atoms with Crippen LogP contribution in [0.2, 0.25) is 0 Å². The van der Waals surface area contributed by atoms with Crippen molar-refractivity contribution in [3.8, 4) is 6.07 Å². The molecule has 2 rings (SSSR count). The highest BCUT2D eigenvalue weighted by molar-refractivity contribution is 7.92. The molecule has 0 aromatic heterocycles. The predicted octanol–water partition coefficient (Wildman–Crippen LogP) is 0.993. The molecule has 1 saturated carbocycles. The maximum atomic E-state index is 11.9. The first-order valence-corrected chi connectivity index (χ1v) is 8.53. The minimum Gasteiger partial charge on any atom is -0.353 e. The molecule has 0 unspecified atom stereocenters. The zero-order valence-electron chi connectivity index (χ0n) is 11.7. The van der Waals surface area contributed by atoms with E-state index in [2.05, 4.69) is 5.32 Å². The number of carbonyl (C=O) groups is 1. The third-order valence-electron chi connectivity index (χ3n) is 3.18. The van der Waals surface area contributed by atoms with Gasteiger partial charge in [-0.2, -0.15) is 5.26 Å². The van der Waals surface area contributed by atoms with E-state index >= 15 is 0 Å². The van der Waals surface area contributed by atoms with Gasteiger partial charge in [-0.3, -0.25) is 9.10 Å². The third kappa shape index (κ3) is 4.20. The standard InChI is InChI=1S/C14H17N3O3S/c1-21(19,20)17(9-8-14(18)16-12-6-7-12)13-5-3-2-4-11(13)10-15/h2-5,12H,6-9H2,1H3,(H,16,18). The van der Waals surface area contributed by atoms with E-state index in [1.54, 1.807) is 24.3 Å². The molecule has 21 heavy (non-hydrogen) atoms. The first-order valence-electron chi connectivity index (χ1n) is 6.68. The summed E-state index contributed by atoms with van der Waals surface area (Å²) >= 11 is 0. The zero-order chi connectivity index (χ0) is 15.5. The van der Waals surface area contributed by atoms with Gasteiger partial charge in [0.2, 0.25) is 15.9 Å². The number of para-hydroxylation sites is 1. The Morgan fingerprint density at radius 3 is 2.67 bits per heavy atom. The van der Waals surface area contributed by atoms with Crippen molar-refractivity contribution < 1.29 is 13.2 Å². The van der Waals surface area contributed by atoms with Crippen LogP contribution in [-0.2, 0) is 14.8 Å². The minimum absolute atomic E-state index is 0.0239. The summed E-state index contributed by atoms with van der Waals surface area (Å²) in [5, 5.41) is 11.9. The van der Waals surface area contributed by atoms with Crippen LogP contribution in [0.1, 0.15) is 24.8 Å². The van der Waals surface area contributed by atoms with E-state index < -0.39 is 10.0 Å². The zero-order valence-corrected chi connectivity index (χ0v) is 12.6. The SMILES string of the molecule is CS(=O)(=O)N(CCC(=O)NC1CC1)c1ccccc1C#N. The van der Waals surface area contributed by atoms with Crippen LogP contribution in [0.3, 0.4) is 0 Å².